The van der Waals surface area contributed by atoms with Crippen LogP contribution >= 0.6 is 0 Å². The Morgan fingerprint density at radius 2 is 2.00 bits per heavy atom. The topological polar surface area (TPSA) is 60.1 Å². The minimum absolute atomic E-state index is 0.0106. The molecule has 0 fully saturated rings. The number of rotatable bonds is 3. The molecular weight excluding hydrogens is 316 g/mol. The quantitative estimate of drug-likeness (QED) is 0.691. The van der Waals surface area contributed by atoms with E-state index in [1.165, 1.54) is 0 Å². The van der Waals surface area contributed by atoms with Gasteiger partial charge >= 0.3 is 0 Å². The predicted octanol–water partition coefficient (Wildman–Crippen LogP) is 2.64. The van der Waals surface area contributed by atoms with Crippen LogP contribution in [0.2, 0.25) is 0 Å². The van der Waals surface area contributed by atoms with Crippen LogP contribution in [0.1, 0.15) is 35.9 Å². The van der Waals surface area contributed by atoms with E-state index in [2.05, 4.69) is 9.55 Å². The molecule has 25 heavy (non-hydrogen) atoms. The number of ketones is 1. The van der Waals surface area contributed by atoms with Gasteiger partial charge in [0.2, 0.25) is 5.91 Å². The summed E-state index contributed by atoms with van der Waals surface area (Å²) in [6, 6.07) is 7.36. The summed E-state index contributed by atoms with van der Waals surface area (Å²) in [6.07, 6.45) is 5.42. The fraction of sp³-hybridized carbons (Fsp3) is 0.316. The number of amides is 1. The van der Waals surface area contributed by atoms with Crippen LogP contribution in [0.5, 0.6) is 0 Å². The maximum Gasteiger partial charge on any atom is 0.245 e. The van der Waals surface area contributed by atoms with Gasteiger partial charge in [-0.2, -0.15) is 0 Å². The van der Waals surface area contributed by atoms with Gasteiger partial charge in [0.1, 0.15) is 6.04 Å². The Morgan fingerprint density at radius 1 is 1.20 bits per heavy atom. The molecule has 3 heterocycles. The lowest BCUT2D eigenvalue weighted by atomic mass is 10.1. The number of hydrogen-bond donors (Lipinski definition) is 0. The molecule has 0 radical (unpaired) electrons. The number of carbonyl (C=O) groups is 2. The normalized spacial score (nSPS) is 15.2. The molecule has 0 spiro atoms. The maximum atomic E-state index is 13.0. The molecule has 4 rings (SSSR count). The van der Waals surface area contributed by atoms with Gasteiger partial charge in [-0.1, -0.05) is 18.2 Å². The third-order valence-corrected chi connectivity index (χ3v) is 4.97. The molecule has 0 unspecified atom stereocenters. The Hall–Kier alpha value is -2.89. The van der Waals surface area contributed by atoms with Gasteiger partial charge in [0.25, 0.3) is 0 Å². The number of imidazole rings is 1. The Morgan fingerprint density at radius 3 is 2.80 bits per heavy atom. The first-order chi connectivity index (χ1) is 12.1. The molecule has 1 atom stereocenters. The van der Waals surface area contributed by atoms with Crippen molar-refractivity contribution in [2.24, 2.45) is 0 Å². The lowest BCUT2D eigenvalue weighted by molar-refractivity contribution is -0.135. The molecule has 6 nitrogen and oxygen atoms in total. The summed E-state index contributed by atoms with van der Waals surface area (Å²) in [7, 11) is 0. The largest absolute Gasteiger partial charge is 0.335 e. The maximum absolute atomic E-state index is 13.0. The van der Waals surface area contributed by atoms with Crippen molar-refractivity contribution >= 4 is 22.6 Å². The van der Waals surface area contributed by atoms with E-state index in [0.717, 1.165) is 23.1 Å². The van der Waals surface area contributed by atoms with E-state index in [4.69, 9.17) is 0 Å². The molecule has 3 aromatic rings. The molecule has 0 saturated heterocycles. The van der Waals surface area contributed by atoms with Gasteiger partial charge in [0.05, 0.1) is 18.6 Å². The molecule has 6 heteroatoms. The summed E-state index contributed by atoms with van der Waals surface area (Å²) >= 11 is 0. The van der Waals surface area contributed by atoms with E-state index in [0.29, 0.717) is 18.7 Å². The standard InChI is InChI=1S/C19H20N4O2/c1-13(19(25)21-7-8-22-12-20-9-15(22)10-21)23-11-17(14(2)24)16-5-3-4-6-18(16)23/h3-6,9,11-13H,7-8,10H2,1-2H3/t13-/m1/s1. The minimum Gasteiger partial charge on any atom is -0.335 e. The van der Waals surface area contributed by atoms with Crippen molar-refractivity contribution in [3.8, 4) is 0 Å². The van der Waals surface area contributed by atoms with Crippen LogP contribution in [0.15, 0.2) is 43.0 Å². The highest BCUT2D eigenvalue weighted by Crippen LogP contribution is 2.27. The fourth-order valence-electron chi connectivity index (χ4n) is 3.56. The summed E-state index contributed by atoms with van der Waals surface area (Å²) in [4.78, 5) is 31.0. The molecule has 0 bridgehead atoms. The Bertz CT molecular complexity index is 969. The van der Waals surface area contributed by atoms with Crippen molar-refractivity contribution in [2.75, 3.05) is 6.54 Å². The van der Waals surface area contributed by atoms with Crippen molar-refractivity contribution in [1.29, 1.82) is 0 Å². The van der Waals surface area contributed by atoms with Gasteiger partial charge < -0.3 is 14.0 Å². The number of nitrogens with zero attached hydrogens (tertiary/aromatic N) is 4. The van der Waals surface area contributed by atoms with Gasteiger partial charge in [0, 0.05) is 41.9 Å². The third kappa shape index (κ3) is 2.54. The van der Waals surface area contributed by atoms with E-state index < -0.39 is 0 Å². The van der Waals surface area contributed by atoms with Gasteiger partial charge in [-0.25, -0.2) is 4.98 Å². The molecule has 0 aliphatic carbocycles. The van der Waals surface area contributed by atoms with Crippen LogP contribution in [0, 0.1) is 0 Å². The van der Waals surface area contributed by atoms with Crippen molar-refractivity contribution in [3.05, 3.63) is 54.2 Å². The zero-order chi connectivity index (χ0) is 17.6. The number of benzene rings is 1. The van der Waals surface area contributed by atoms with Crippen molar-refractivity contribution in [1.82, 2.24) is 19.0 Å². The van der Waals surface area contributed by atoms with E-state index in [9.17, 15) is 9.59 Å². The van der Waals surface area contributed by atoms with Crippen LogP contribution in [-0.2, 0) is 17.9 Å². The van der Waals surface area contributed by atoms with Crippen LogP contribution in [0.3, 0.4) is 0 Å². The SMILES string of the molecule is CC(=O)c1cn([C@H](C)C(=O)N2CCn3cncc3C2)c2ccccc12. The van der Waals surface area contributed by atoms with Gasteiger partial charge in [-0.15, -0.1) is 0 Å². The molecule has 0 saturated carbocycles. The lowest BCUT2D eigenvalue weighted by Crippen LogP contribution is -2.41. The molecule has 1 aliphatic heterocycles. The summed E-state index contributed by atoms with van der Waals surface area (Å²) in [5.41, 5.74) is 2.62. The summed E-state index contributed by atoms with van der Waals surface area (Å²) in [5.74, 6) is 0.0692. The van der Waals surface area contributed by atoms with E-state index >= 15 is 0 Å². The third-order valence-electron chi connectivity index (χ3n) is 4.97. The second kappa shape index (κ2) is 5.88. The predicted molar refractivity (Wildman–Crippen MR) is 94.3 cm³/mol. The zero-order valence-electron chi connectivity index (χ0n) is 14.3. The monoisotopic (exact) mass is 336 g/mol. The molecular formula is C19H20N4O2. The molecule has 2 aromatic heterocycles. The highest BCUT2D eigenvalue weighted by atomic mass is 16.2. The van der Waals surface area contributed by atoms with Gasteiger partial charge in [-0.3, -0.25) is 9.59 Å². The Kier molecular flexibility index (Phi) is 3.67. The van der Waals surface area contributed by atoms with E-state index in [1.54, 1.807) is 13.3 Å². The minimum atomic E-state index is -0.368. The second-order valence-corrected chi connectivity index (χ2v) is 6.54. The van der Waals surface area contributed by atoms with Crippen LogP contribution in [0.4, 0.5) is 0 Å². The Labute approximate surface area is 145 Å². The second-order valence-electron chi connectivity index (χ2n) is 6.54. The first kappa shape index (κ1) is 15.6. The number of hydrogen-bond acceptors (Lipinski definition) is 3. The number of carbonyl (C=O) groups excluding carboxylic acids is 2. The van der Waals surface area contributed by atoms with Crippen molar-refractivity contribution in [2.45, 2.75) is 33.0 Å². The fourth-order valence-corrected chi connectivity index (χ4v) is 3.56. The highest BCUT2D eigenvalue weighted by Gasteiger charge is 2.27. The summed E-state index contributed by atoms with van der Waals surface area (Å²) < 4.78 is 3.99. The van der Waals surface area contributed by atoms with Crippen molar-refractivity contribution < 1.29 is 9.59 Å². The number of para-hydroxylation sites is 1. The van der Waals surface area contributed by atoms with Crippen LogP contribution in [-0.4, -0.2) is 37.3 Å². The summed E-state index contributed by atoms with van der Waals surface area (Å²) in [5, 5.41) is 0.895. The van der Waals surface area contributed by atoms with E-state index in [1.807, 2.05) is 53.0 Å². The lowest BCUT2D eigenvalue weighted by Gasteiger charge is -2.30. The Balaban J connectivity index is 1.67. The summed E-state index contributed by atoms with van der Waals surface area (Å²) in [6.45, 7) is 5.46. The molecule has 1 amide bonds. The van der Waals surface area contributed by atoms with Gasteiger partial charge in [-0.05, 0) is 19.9 Å². The van der Waals surface area contributed by atoms with Crippen LogP contribution < -0.4 is 0 Å². The number of aromatic nitrogens is 3. The first-order valence-electron chi connectivity index (χ1n) is 8.44. The average Bonchev–Trinajstić information content (AvgIpc) is 3.24. The molecule has 1 aliphatic rings. The smallest absolute Gasteiger partial charge is 0.245 e. The first-order valence-corrected chi connectivity index (χ1v) is 8.44. The molecule has 1 aromatic carbocycles. The zero-order valence-corrected chi connectivity index (χ0v) is 14.3. The number of fused-ring (bicyclic) bond motifs is 2. The van der Waals surface area contributed by atoms with Crippen LogP contribution in [0.25, 0.3) is 10.9 Å². The average molecular weight is 336 g/mol. The highest BCUT2D eigenvalue weighted by molar-refractivity contribution is 6.07. The number of Topliss-reactive ketones (excluding diaryl/α,β-unsaturated/α-hetero) is 1. The molecule has 0 N–H and O–H groups in total. The van der Waals surface area contributed by atoms with Gasteiger partial charge in [0.15, 0.2) is 5.78 Å². The molecule has 128 valence electrons. The van der Waals surface area contributed by atoms with Crippen molar-refractivity contribution in [3.63, 3.8) is 0 Å². The van der Waals surface area contributed by atoms with E-state index in [-0.39, 0.29) is 17.7 Å².